The van der Waals surface area contributed by atoms with E-state index < -0.39 is 0 Å². The molecule has 3 aromatic rings. The number of rotatable bonds is 6. The second kappa shape index (κ2) is 8.30. The molecule has 8 heteroatoms. The van der Waals surface area contributed by atoms with Gasteiger partial charge in [0, 0.05) is 17.3 Å². The van der Waals surface area contributed by atoms with E-state index in [0.29, 0.717) is 17.0 Å². The molecular weight excluding hydrogens is 352 g/mol. The first-order valence-corrected chi connectivity index (χ1v) is 8.73. The molecule has 0 fully saturated rings. The van der Waals surface area contributed by atoms with Gasteiger partial charge >= 0.3 is 0 Å². The van der Waals surface area contributed by atoms with E-state index in [1.165, 1.54) is 0 Å². The number of aromatic amines is 1. The average Bonchev–Trinajstić information content (AvgIpc) is 2.67. The van der Waals surface area contributed by atoms with Crippen LogP contribution in [0.3, 0.4) is 0 Å². The number of H-pyrrole nitrogens is 1. The van der Waals surface area contributed by atoms with E-state index in [0.717, 1.165) is 11.8 Å². The molecule has 3 rings (SSSR count). The van der Waals surface area contributed by atoms with Crippen LogP contribution >= 0.6 is 11.8 Å². The van der Waals surface area contributed by atoms with Crippen LogP contribution in [0.25, 0.3) is 11.3 Å². The van der Waals surface area contributed by atoms with E-state index in [9.17, 15) is 9.59 Å². The summed E-state index contributed by atoms with van der Waals surface area (Å²) in [5.74, 6) is 0.521. The summed E-state index contributed by atoms with van der Waals surface area (Å²) in [4.78, 5) is 26.9. The van der Waals surface area contributed by atoms with Gasteiger partial charge in [0.2, 0.25) is 5.91 Å². The predicted octanol–water partition coefficient (Wildman–Crippen LogP) is 2.57. The van der Waals surface area contributed by atoms with Gasteiger partial charge in [0.05, 0.1) is 12.9 Å². The maximum Gasteiger partial charge on any atom is 0.278 e. The summed E-state index contributed by atoms with van der Waals surface area (Å²) in [6, 6.07) is 16.1. The minimum Gasteiger partial charge on any atom is -0.497 e. The number of carbonyl (C=O) groups excluding carboxylic acids is 1. The molecule has 1 aromatic heterocycles. The molecule has 26 heavy (non-hydrogen) atoms. The monoisotopic (exact) mass is 368 g/mol. The number of benzene rings is 2. The number of methoxy groups -OCH3 is 1. The summed E-state index contributed by atoms with van der Waals surface area (Å²) in [6.07, 6.45) is 0. The molecule has 132 valence electrons. The highest BCUT2D eigenvalue weighted by molar-refractivity contribution is 7.99. The summed E-state index contributed by atoms with van der Waals surface area (Å²) < 4.78 is 5.11. The van der Waals surface area contributed by atoms with E-state index in [2.05, 4.69) is 20.5 Å². The fraction of sp³-hybridized carbons (Fsp3) is 0.111. The number of hydrogen-bond acceptors (Lipinski definition) is 6. The average molecular weight is 368 g/mol. The van der Waals surface area contributed by atoms with Crippen LogP contribution in [0.2, 0.25) is 0 Å². The topological polar surface area (TPSA) is 97.0 Å². The van der Waals surface area contributed by atoms with Crippen LogP contribution in [0.1, 0.15) is 0 Å². The van der Waals surface area contributed by atoms with E-state index >= 15 is 0 Å². The van der Waals surface area contributed by atoms with Gasteiger partial charge < -0.3 is 10.1 Å². The normalized spacial score (nSPS) is 10.3. The third-order valence-electron chi connectivity index (χ3n) is 3.42. The molecule has 0 aliphatic carbocycles. The van der Waals surface area contributed by atoms with Crippen molar-refractivity contribution < 1.29 is 9.53 Å². The first kappa shape index (κ1) is 17.7. The molecule has 0 aliphatic rings. The Balaban J connectivity index is 1.62. The number of nitrogens with one attached hydrogen (secondary N) is 2. The molecule has 0 saturated heterocycles. The third-order valence-corrected chi connectivity index (χ3v) is 4.28. The van der Waals surface area contributed by atoms with Crippen LogP contribution in [0, 0.1) is 0 Å². The minimum absolute atomic E-state index is 0.0898. The fourth-order valence-corrected chi connectivity index (χ4v) is 2.81. The van der Waals surface area contributed by atoms with Crippen LogP contribution in [-0.4, -0.2) is 34.0 Å². The molecule has 0 atom stereocenters. The lowest BCUT2D eigenvalue weighted by atomic mass is 10.2. The quantitative estimate of drug-likeness (QED) is 0.649. The molecule has 0 aliphatic heterocycles. The van der Waals surface area contributed by atoms with Gasteiger partial charge in [-0.15, -0.1) is 10.2 Å². The van der Waals surface area contributed by atoms with Gasteiger partial charge in [0.1, 0.15) is 5.75 Å². The Bertz CT molecular complexity index is 960. The molecule has 7 nitrogen and oxygen atoms in total. The number of amides is 1. The van der Waals surface area contributed by atoms with Gasteiger partial charge in [-0.05, 0) is 12.1 Å². The van der Waals surface area contributed by atoms with Gasteiger partial charge in [-0.1, -0.05) is 48.2 Å². The molecule has 0 spiro atoms. The summed E-state index contributed by atoms with van der Waals surface area (Å²) in [6.45, 7) is 0. The Labute approximate surface area is 153 Å². The van der Waals surface area contributed by atoms with Crippen LogP contribution < -0.4 is 15.6 Å². The highest BCUT2D eigenvalue weighted by Gasteiger charge is 2.10. The minimum atomic E-state index is -0.345. The van der Waals surface area contributed by atoms with Crippen molar-refractivity contribution in [2.24, 2.45) is 0 Å². The lowest BCUT2D eigenvalue weighted by Gasteiger charge is -2.06. The van der Waals surface area contributed by atoms with Crippen molar-refractivity contribution in [2.45, 2.75) is 5.16 Å². The Morgan fingerprint density at radius 3 is 2.69 bits per heavy atom. The smallest absolute Gasteiger partial charge is 0.278 e. The summed E-state index contributed by atoms with van der Waals surface area (Å²) in [5.41, 5.74) is 1.22. The highest BCUT2D eigenvalue weighted by Crippen LogP contribution is 2.18. The molecule has 1 amide bonds. The summed E-state index contributed by atoms with van der Waals surface area (Å²) >= 11 is 1.10. The molecule has 1 heterocycles. The molecule has 0 saturated carbocycles. The number of thioether (sulfide) groups is 1. The van der Waals surface area contributed by atoms with Crippen LogP contribution in [0.4, 0.5) is 5.69 Å². The number of nitrogens with zero attached hydrogens (tertiary/aromatic N) is 2. The first-order chi connectivity index (χ1) is 12.7. The maximum atomic E-state index is 12.2. The zero-order valence-electron chi connectivity index (χ0n) is 13.9. The summed E-state index contributed by atoms with van der Waals surface area (Å²) in [7, 11) is 1.56. The Hall–Kier alpha value is -3.13. The molecular formula is C18H16N4O3S. The highest BCUT2D eigenvalue weighted by atomic mass is 32.2. The van der Waals surface area contributed by atoms with Crippen LogP contribution in [0.15, 0.2) is 64.5 Å². The van der Waals surface area contributed by atoms with E-state index in [-0.39, 0.29) is 28.1 Å². The van der Waals surface area contributed by atoms with E-state index in [1.54, 1.807) is 43.5 Å². The molecule has 0 radical (unpaired) electrons. The van der Waals surface area contributed by atoms with Crippen molar-refractivity contribution in [2.75, 3.05) is 18.2 Å². The SMILES string of the molecule is COc1cccc(NC(=O)CSc2nnc(-c3ccccc3)c(=O)[nH]2)c1. The molecule has 0 bridgehead atoms. The van der Waals surface area contributed by atoms with Crippen LogP contribution in [0.5, 0.6) is 5.75 Å². The fourth-order valence-electron chi connectivity index (χ4n) is 2.20. The van der Waals surface area contributed by atoms with Gasteiger partial charge in [0.25, 0.3) is 5.56 Å². The number of hydrogen-bond donors (Lipinski definition) is 2. The van der Waals surface area contributed by atoms with Gasteiger partial charge in [0.15, 0.2) is 10.9 Å². The van der Waals surface area contributed by atoms with Crippen molar-refractivity contribution in [3.63, 3.8) is 0 Å². The number of anilines is 1. The third kappa shape index (κ3) is 4.48. The first-order valence-electron chi connectivity index (χ1n) is 7.75. The molecule has 2 aromatic carbocycles. The van der Waals surface area contributed by atoms with Crippen molar-refractivity contribution in [1.82, 2.24) is 15.2 Å². The Morgan fingerprint density at radius 1 is 1.15 bits per heavy atom. The van der Waals surface area contributed by atoms with Gasteiger partial charge in [-0.25, -0.2) is 0 Å². The lowest BCUT2D eigenvalue weighted by Crippen LogP contribution is -2.17. The number of ether oxygens (including phenoxy) is 1. The summed E-state index contributed by atoms with van der Waals surface area (Å²) in [5, 5.41) is 11.0. The van der Waals surface area contributed by atoms with Gasteiger partial charge in [-0.2, -0.15) is 0 Å². The predicted molar refractivity (Wildman–Crippen MR) is 100 cm³/mol. The van der Waals surface area contributed by atoms with Crippen molar-refractivity contribution in [1.29, 1.82) is 0 Å². The number of aromatic nitrogens is 3. The van der Waals surface area contributed by atoms with E-state index in [4.69, 9.17) is 4.74 Å². The second-order valence-electron chi connectivity index (χ2n) is 5.24. The Kier molecular flexibility index (Phi) is 5.65. The van der Waals surface area contributed by atoms with E-state index in [1.807, 2.05) is 18.2 Å². The maximum absolute atomic E-state index is 12.2. The lowest BCUT2D eigenvalue weighted by molar-refractivity contribution is -0.113. The van der Waals surface area contributed by atoms with Gasteiger partial charge in [-0.3, -0.25) is 14.6 Å². The molecule has 2 N–H and O–H groups in total. The second-order valence-corrected chi connectivity index (χ2v) is 6.21. The molecule has 0 unspecified atom stereocenters. The van der Waals surface area contributed by atoms with Crippen molar-refractivity contribution >= 4 is 23.4 Å². The largest absolute Gasteiger partial charge is 0.497 e. The van der Waals surface area contributed by atoms with Crippen LogP contribution in [-0.2, 0) is 4.79 Å². The number of carbonyl (C=O) groups is 1. The Morgan fingerprint density at radius 2 is 1.96 bits per heavy atom. The zero-order chi connectivity index (χ0) is 18.4. The standard InChI is InChI=1S/C18H16N4O3S/c1-25-14-9-5-8-13(10-14)19-15(23)11-26-18-20-17(24)16(21-22-18)12-6-3-2-4-7-12/h2-10H,11H2,1H3,(H,19,23)(H,20,22,24). The zero-order valence-corrected chi connectivity index (χ0v) is 14.7. The van der Waals surface area contributed by atoms with Crippen molar-refractivity contribution in [3.05, 3.63) is 65.0 Å². The van der Waals surface area contributed by atoms with Crippen molar-refractivity contribution in [3.8, 4) is 17.0 Å².